The lowest BCUT2D eigenvalue weighted by Gasteiger charge is -2.42. The second-order valence-corrected chi connectivity index (χ2v) is 10.5. The van der Waals surface area contributed by atoms with Crippen molar-refractivity contribution < 1.29 is 9.84 Å². The van der Waals surface area contributed by atoms with E-state index in [1.807, 2.05) is 33.9 Å². The van der Waals surface area contributed by atoms with Crippen molar-refractivity contribution in [1.29, 1.82) is 0 Å². The lowest BCUT2D eigenvalue weighted by atomic mass is 9.73. The molecule has 2 fully saturated rings. The third-order valence-corrected chi connectivity index (χ3v) is 8.01. The Balaban J connectivity index is 1.13. The van der Waals surface area contributed by atoms with Gasteiger partial charge < -0.3 is 20.1 Å². The molecule has 200 valence electrons. The van der Waals surface area contributed by atoms with Crippen LogP contribution in [0.4, 0.5) is 17.3 Å². The van der Waals surface area contributed by atoms with E-state index in [0.29, 0.717) is 5.95 Å². The number of rotatable bonds is 8. The van der Waals surface area contributed by atoms with Gasteiger partial charge in [-0.05, 0) is 37.5 Å². The molecule has 2 N–H and O–H groups in total. The summed E-state index contributed by atoms with van der Waals surface area (Å²) in [5.74, 6) is 0.548. The van der Waals surface area contributed by atoms with Gasteiger partial charge in [-0.3, -0.25) is 9.58 Å². The summed E-state index contributed by atoms with van der Waals surface area (Å²) >= 11 is 0. The number of aliphatic hydroxyl groups excluding tert-OH is 1. The van der Waals surface area contributed by atoms with Crippen LogP contribution in [-0.2, 0) is 16.7 Å². The Kier molecular flexibility index (Phi) is 7.01. The zero-order valence-corrected chi connectivity index (χ0v) is 22.0. The number of benzene rings is 1. The molecule has 0 atom stereocenters. The van der Waals surface area contributed by atoms with Crippen molar-refractivity contribution in [3.05, 3.63) is 66.1 Å². The van der Waals surface area contributed by atoms with Crippen molar-refractivity contribution in [2.45, 2.75) is 31.7 Å². The fourth-order valence-electron chi connectivity index (χ4n) is 5.56. The Morgan fingerprint density at radius 2 is 1.82 bits per heavy atom. The van der Waals surface area contributed by atoms with Crippen LogP contribution < -0.4 is 10.2 Å². The lowest BCUT2D eigenvalue weighted by Crippen LogP contribution is -2.45. The number of pyridine rings is 1. The summed E-state index contributed by atoms with van der Waals surface area (Å²) in [5.41, 5.74) is 5.02. The number of aromatic nitrogens is 5. The van der Waals surface area contributed by atoms with Crippen LogP contribution in [0.5, 0.6) is 0 Å². The molecule has 10 heteroatoms. The Morgan fingerprint density at radius 1 is 1.03 bits per heavy atom. The molecule has 10 nitrogen and oxygen atoms in total. The van der Waals surface area contributed by atoms with E-state index in [1.54, 1.807) is 0 Å². The smallest absolute Gasteiger partial charge is 0.247 e. The first-order valence-electron chi connectivity index (χ1n) is 13.5. The maximum absolute atomic E-state index is 10.4. The Hall–Kier alpha value is -3.47. The molecular weight excluding hydrogens is 480 g/mol. The first-order chi connectivity index (χ1) is 18.6. The lowest BCUT2D eigenvalue weighted by molar-refractivity contribution is 0.0360. The molecule has 2 aliphatic heterocycles. The molecule has 0 radical (unpaired) electrons. The molecule has 0 spiro atoms. The average Bonchev–Trinajstić information content (AvgIpc) is 3.59. The normalized spacial score (nSPS) is 18.2. The summed E-state index contributed by atoms with van der Waals surface area (Å²) in [7, 11) is 0. The van der Waals surface area contributed by atoms with Gasteiger partial charge in [0.05, 0.1) is 43.9 Å². The standard InChI is InChI=1S/C28H36N8O2/c1-22-4-6-23(7-5-22)28(21-37)8-11-34(12-9-28)25-3-2-10-36-26(25)31-27(32-36)30-24-19-29-35(20-24)14-13-33-15-17-38-18-16-33/h2-7,10,19-20,37H,8-9,11-18,21H2,1H3,(H,30,32). The second-order valence-electron chi connectivity index (χ2n) is 10.5. The van der Waals surface area contributed by atoms with Gasteiger partial charge in [-0.2, -0.15) is 10.1 Å². The number of anilines is 3. The number of nitrogens with one attached hydrogen (secondary N) is 1. The van der Waals surface area contributed by atoms with Crippen LogP contribution in [0.3, 0.4) is 0 Å². The molecular formula is C28H36N8O2. The van der Waals surface area contributed by atoms with E-state index < -0.39 is 0 Å². The van der Waals surface area contributed by atoms with Crippen LogP contribution in [0.2, 0.25) is 0 Å². The van der Waals surface area contributed by atoms with Crippen LogP contribution in [0.15, 0.2) is 55.0 Å². The van der Waals surface area contributed by atoms with Gasteiger partial charge in [-0.1, -0.05) is 29.8 Å². The van der Waals surface area contributed by atoms with Crippen LogP contribution in [0.25, 0.3) is 5.65 Å². The summed E-state index contributed by atoms with van der Waals surface area (Å²) in [6.07, 6.45) is 7.51. The zero-order chi connectivity index (χ0) is 26.0. The number of aliphatic hydroxyl groups is 1. The SMILES string of the molecule is Cc1ccc(C2(CO)CCN(c3cccn4nc(Nc5cnn(CCN6CCOCC6)c5)nc34)CC2)cc1. The van der Waals surface area contributed by atoms with Gasteiger partial charge in [0.2, 0.25) is 5.95 Å². The summed E-state index contributed by atoms with van der Waals surface area (Å²) in [6.45, 7) is 9.30. The Morgan fingerprint density at radius 3 is 2.58 bits per heavy atom. The summed E-state index contributed by atoms with van der Waals surface area (Å²) in [6, 6.07) is 12.7. The Labute approximate surface area is 222 Å². The average molecular weight is 517 g/mol. The molecule has 5 heterocycles. The van der Waals surface area contributed by atoms with Crippen LogP contribution in [0.1, 0.15) is 24.0 Å². The van der Waals surface area contributed by atoms with Crippen LogP contribution >= 0.6 is 0 Å². The molecule has 0 bridgehead atoms. The molecule has 38 heavy (non-hydrogen) atoms. The second kappa shape index (κ2) is 10.7. The molecule has 0 aliphatic carbocycles. The number of fused-ring (bicyclic) bond motifs is 1. The summed E-state index contributed by atoms with van der Waals surface area (Å²) in [4.78, 5) is 9.59. The van der Waals surface area contributed by atoms with Crippen LogP contribution in [0, 0.1) is 6.92 Å². The van der Waals surface area contributed by atoms with E-state index >= 15 is 0 Å². The van der Waals surface area contributed by atoms with E-state index in [4.69, 9.17) is 9.72 Å². The highest BCUT2D eigenvalue weighted by Crippen LogP contribution is 2.37. The van der Waals surface area contributed by atoms with Gasteiger partial charge in [0.15, 0.2) is 5.65 Å². The first kappa shape index (κ1) is 24.8. The first-order valence-corrected chi connectivity index (χ1v) is 13.5. The predicted molar refractivity (Wildman–Crippen MR) is 147 cm³/mol. The highest BCUT2D eigenvalue weighted by Gasteiger charge is 2.36. The third kappa shape index (κ3) is 5.11. The topological polar surface area (TPSA) is 96.0 Å². The minimum Gasteiger partial charge on any atom is -0.395 e. The fraction of sp³-hybridized carbons (Fsp3) is 0.464. The van der Waals surface area contributed by atoms with E-state index in [1.165, 1.54) is 11.1 Å². The van der Waals surface area contributed by atoms with Crippen molar-refractivity contribution in [2.24, 2.45) is 0 Å². The van der Waals surface area contributed by atoms with E-state index in [2.05, 4.69) is 62.6 Å². The zero-order valence-electron chi connectivity index (χ0n) is 22.0. The minimum absolute atomic E-state index is 0.160. The van der Waals surface area contributed by atoms with Gasteiger partial charge in [0, 0.05) is 50.5 Å². The van der Waals surface area contributed by atoms with E-state index in [0.717, 1.165) is 82.3 Å². The largest absolute Gasteiger partial charge is 0.395 e. The van der Waals surface area contributed by atoms with E-state index in [-0.39, 0.29) is 12.0 Å². The number of ether oxygens (including phenoxy) is 1. The molecule has 1 aromatic carbocycles. The van der Waals surface area contributed by atoms with Gasteiger partial charge >= 0.3 is 0 Å². The number of nitrogens with zero attached hydrogens (tertiary/aromatic N) is 7. The fourth-order valence-corrected chi connectivity index (χ4v) is 5.56. The van der Waals surface area contributed by atoms with Gasteiger partial charge in [-0.15, -0.1) is 5.10 Å². The van der Waals surface area contributed by atoms with Crippen LogP contribution in [-0.4, -0.2) is 86.9 Å². The molecule has 3 aromatic heterocycles. The molecule has 0 saturated carbocycles. The third-order valence-electron chi connectivity index (χ3n) is 8.01. The molecule has 4 aromatic rings. The monoisotopic (exact) mass is 516 g/mol. The quantitative estimate of drug-likeness (QED) is 0.369. The Bertz CT molecular complexity index is 1350. The van der Waals surface area contributed by atoms with Crippen molar-refractivity contribution in [1.82, 2.24) is 29.3 Å². The molecule has 6 rings (SSSR count). The number of piperidine rings is 1. The van der Waals surface area contributed by atoms with Crippen molar-refractivity contribution >= 4 is 23.0 Å². The maximum atomic E-state index is 10.4. The van der Waals surface area contributed by atoms with Gasteiger partial charge in [0.1, 0.15) is 0 Å². The molecule has 2 aliphatic rings. The van der Waals surface area contributed by atoms with E-state index in [9.17, 15) is 5.11 Å². The molecule has 0 amide bonds. The highest BCUT2D eigenvalue weighted by atomic mass is 16.5. The van der Waals surface area contributed by atoms with Crippen molar-refractivity contribution in [2.75, 3.05) is 62.8 Å². The van der Waals surface area contributed by atoms with Crippen molar-refractivity contribution in [3.63, 3.8) is 0 Å². The number of morpholine rings is 1. The number of hydrogen-bond donors (Lipinski definition) is 2. The van der Waals surface area contributed by atoms with Crippen molar-refractivity contribution in [3.8, 4) is 0 Å². The number of hydrogen-bond acceptors (Lipinski definition) is 8. The molecule has 2 saturated heterocycles. The molecule has 0 unspecified atom stereocenters. The van der Waals surface area contributed by atoms with Gasteiger partial charge in [-0.25, -0.2) is 4.52 Å². The summed E-state index contributed by atoms with van der Waals surface area (Å²) < 4.78 is 9.21. The summed E-state index contributed by atoms with van der Waals surface area (Å²) in [5, 5.41) is 22.8. The van der Waals surface area contributed by atoms with Gasteiger partial charge in [0.25, 0.3) is 0 Å². The minimum atomic E-state index is -0.197. The predicted octanol–water partition coefficient (Wildman–Crippen LogP) is 2.84. The number of aryl methyl sites for hydroxylation is 1. The highest BCUT2D eigenvalue weighted by molar-refractivity contribution is 5.71. The maximum Gasteiger partial charge on any atom is 0.247 e.